The molecule has 7 rings (SSSR count). The average Bonchev–Trinajstić information content (AvgIpc) is 3.56. The van der Waals surface area contributed by atoms with Gasteiger partial charge in [0, 0.05) is 41.0 Å². The number of para-hydroxylation sites is 1. The van der Waals surface area contributed by atoms with Gasteiger partial charge in [-0.25, -0.2) is 9.37 Å². The zero-order valence-corrected chi connectivity index (χ0v) is 25.4. The summed E-state index contributed by atoms with van der Waals surface area (Å²) in [6.07, 6.45) is 5.37. The molecule has 0 atom stereocenters. The monoisotopic (exact) mass is 731 g/mol. The molecule has 0 spiro atoms. The number of halogens is 1. The summed E-state index contributed by atoms with van der Waals surface area (Å²) in [4.78, 5) is 4.43. The summed E-state index contributed by atoms with van der Waals surface area (Å²) in [7, 11) is 0. The van der Waals surface area contributed by atoms with Crippen molar-refractivity contribution in [2.24, 2.45) is 0 Å². The van der Waals surface area contributed by atoms with E-state index in [1.807, 2.05) is 71.6 Å². The van der Waals surface area contributed by atoms with E-state index < -0.39 is 0 Å². The van der Waals surface area contributed by atoms with E-state index >= 15 is 0 Å². The Morgan fingerprint density at radius 1 is 0.810 bits per heavy atom. The Labute approximate surface area is 257 Å². The molecule has 3 heterocycles. The summed E-state index contributed by atoms with van der Waals surface area (Å²) >= 11 is 0. The third kappa shape index (κ3) is 4.93. The number of rotatable bonds is 5. The van der Waals surface area contributed by atoms with Crippen molar-refractivity contribution in [3.05, 3.63) is 132 Å². The van der Waals surface area contributed by atoms with E-state index in [0.717, 1.165) is 33.1 Å². The molecule has 0 aliphatic rings. The first-order chi connectivity index (χ1) is 19.9. The molecule has 7 heteroatoms. The van der Waals surface area contributed by atoms with Crippen molar-refractivity contribution in [3.63, 3.8) is 0 Å². The number of aromatic nitrogens is 4. The SMILES string of the molecule is Cc1cc(C)c(-c2cnn(-c3[c-]c(Oc4[c-]c5c(cc4)c4ccccc4n5-c4cc(F)ccn4)ccc3)c2)c(C)c1.[Pt+2]. The predicted octanol–water partition coefficient (Wildman–Crippen LogP) is 8.49. The largest absolute Gasteiger partial charge is 2.00 e. The van der Waals surface area contributed by atoms with E-state index in [4.69, 9.17) is 4.74 Å². The summed E-state index contributed by atoms with van der Waals surface area (Å²) in [5.41, 5.74) is 8.36. The van der Waals surface area contributed by atoms with Crippen LogP contribution in [0.5, 0.6) is 11.5 Å². The van der Waals surface area contributed by atoms with Gasteiger partial charge in [-0.05, 0) is 60.7 Å². The Morgan fingerprint density at radius 3 is 2.40 bits per heavy atom. The van der Waals surface area contributed by atoms with Gasteiger partial charge in [0.05, 0.1) is 6.20 Å². The molecular formula is C35H25FN4OPt. The van der Waals surface area contributed by atoms with Crippen LogP contribution in [-0.2, 0) is 21.1 Å². The Morgan fingerprint density at radius 2 is 1.60 bits per heavy atom. The maximum atomic E-state index is 14.2. The van der Waals surface area contributed by atoms with Crippen molar-refractivity contribution in [2.75, 3.05) is 0 Å². The van der Waals surface area contributed by atoms with Crippen LogP contribution in [0.15, 0.2) is 97.5 Å². The van der Waals surface area contributed by atoms with Gasteiger partial charge in [-0.15, -0.1) is 35.7 Å². The van der Waals surface area contributed by atoms with Gasteiger partial charge in [0.25, 0.3) is 0 Å². The number of hydrogen-bond acceptors (Lipinski definition) is 3. The van der Waals surface area contributed by atoms with Crippen molar-refractivity contribution in [2.45, 2.75) is 20.8 Å². The number of ether oxygens (including phenoxy) is 1. The van der Waals surface area contributed by atoms with Crippen molar-refractivity contribution >= 4 is 21.8 Å². The number of hydrogen-bond donors (Lipinski definition) is 0. The zero-order chi connectivity index (χ0) is 28.1. The van der Waals surface area contributed by atoms with E-state index in [1.165, 1.54) is 40.6 Å². The minimum atomic E-state index is -0.353. The predicted molar refractivity (Wildman–Crippen MR) is 159 cm³/mol. The van der Waals surface area contributed by atoms with Crippen molar-refractivity contribution in [3.8, 4) is 34.1 Å². The summed E-state index contributed by atoms with van der Waals surface area (Å²) in [6.45, 7) is 6.37. The van der Waals surface area contributed by atoms with Crippen LogP contribution in [0.4, 0.5) is 4.39 Å². The van der Waals surface area contributed by atoms with Crippen LogP contribution in [0.25, 0.3) is 44.4 Å². The molecule has 42 heavy (non-hydrogen) atoms. The fraction of sp³-hybridized carbons (Fsp3) is 0.0857. The molecule has 0 fully saturated rings. The van der Waals surface area contributed by atoms with Crippen LogP contribution >= 0.6 is 0 Å². The van der Waals surface area contributed by atoms with Gasteiger partial charge in [0.1, 0.15) is 11.6 Å². The number of benzene rings is 4. The Bertz CT molecular complexity index is 2070. The van der Waals surface area contributed by atoms with Crippen molar-refractivity contribution in [1.82, 2.24) is 19.3 Å². The van der Waals surface area contributed by atoms with Gasteiger partial charge in [-0.2, -0.15) is 17.2 Å². The van der Waals surface area contributed by atoms with Crippen molar-refractivity contribution in [1.29, 1.82) is 0 Å². The molecule has 0 N–H and O–H groups in total. The standard InChI is InChI=1S/C35H25FN4O.Pt/c1-22-15-23(2)35(24(3)16-22)25-20-38-39(21-25)27-7-6-8-28(18-27)41-29-11-12-31-30-9-4-5-10-32(30)40(33(31)19-29)34-17-26(36)13-14-37-34;/h4-17,20-21H,1-3H3;/q-2;+2. The summed E-state index contributed by atoms with van der Waals surface area (Å²) in [5, 5.41) is 6.62. The zero-order valence-electron chi connectivity index (χ0n) is 23.1. The molecule has 4 aromatic carbocycles. The molecule has 7 aromatic rings. The fourth-order valence-corrected chi connectivity index (χ4v) is 5.65. The van der Waals surface area contributed by atoms with E-state index in [2.05, 4.69) is 55.1 Å². The topological polar surface area (TPSA) is 44.9 Å². The minimum absolute atomic E-state index is 0. The number of aryl methyl sites for hydroxylation is 3. The Kier molecular flexibility index (Phi) is 7.26. The number of fused-ring (bicyclic) bond motifs is 3. The third-order valence-electron chi connectivity index (χ3n) is 7.26. The van der Waals surface area contributed by atoms with Gasteiger partial charge in [-0.3, -0.25) is 4.68 Å². The maximum absolute atomic E-state index is 14.2. The minimum Gasteiger partial charge on any atom is -0.509 e. The van der Waals surface area contributed by atoms with Gasteiger partial charge in [0.2, 0.25) is 0 Å². The van der Waals surface area contributed by atoms with E-state index in [-0.39, 0.29) is 26.9 Å². The number of pyridine rings is 1. The summed E-state index contributed by atoms with van der Waals surface area (Å²) < 4.78 is 24.1. The smallest absolute Gasteiger partial charge is 0.509 e. The third-order valence-corrected chi connectivity index (χ3v) is 7.26. The maximum Gasteiger partial charge on any atom is 2.00 e. The molecule has 3 aromatic heterocycles. The molecule has 0 saturated carbocycles. The summed E-state index contributed by atoms with van der Waals surface area (Å²) in [6, 6.07) is 31.4. The molecular weight excluding hydrogens is 706 g/mol. The first-order valence-corrected chi connectivity index (χ1v) is 13.4. The van der Waals surface area contributed by atoms with Crippen LogP contribution < -0.4 is 4.74 Å². The fourth-order valence-electron chi connectivity index (χ4n) is 5.65. The van der Waals surface area contributed by atoms with Gasteiger partial charge in [0.15, 0.2) is 0 Å². The normalized spacial score (nSPS) is 11.1. The van der Waals surface area contributed by atoms with E-state index in [0.29, 0.717) is 17.3 Å². The van der Waals surface area contributed by atoms with E-state index in [9.17, 15) is 4.39 Å². The number of nitrogens with zero attached hydrogens (tertiary/aromatic N) is 4. The van der Waals surface area contributed by atoms with Gasteiger partial charge in [-0.1, -0.05) is 41.4 Å². The Hall–Kier alpha value is -4.54. The molecule has 5 nitrogen and oxygen atoms in total. The molecule has 0 radical (unpaired) electrons. The van der Waals surface area contributed by atoms with Crippen LogP contribution in [0, 0.1) is 38.7 Å². The molecule has 0 saturated heterocycles. The van der Waals surface area contributed by atoms with Gasteiger partial charge >= 0.3 is 21.1 Å². The average molecular weight is 732 g/mol. The second-order valence-electron chi connectivity index (χ2n) is 10.2. The summed E-state index contributed by atoms with van der Waals surface area (Å²) in [5.74, 6) is 1.17. The molecule has 0 amide bonds. The van der Waals surface area contributed by atoms with Crippen LogP contribution in [0.3, 0.4) is 0 Å². The Balaban J connectivity index is 0.00000316. The van der Waals surface area contributed by atoms with Gasteiger partial charge < -0.3 is 9.30 Å². The van der Waals surface area contributed by atoms with Crippen LogP contribution in [0.1, 0.15) is 16.7 Å². The first kappa shape index (κ1) is 27.6. The first-order valence-electron chi connectivity index (χ1n) is 13.4. The van der Waals surface area contributed by atoms with Crippen molar-refractivity contribution < 1.29 is 30.2 Å². The molecule has 0 aliphatic heterocycles. The van der Waals surface area contributed by atoms with E-state index in [1.54, 1.807) is 4.68 Å². The quantitative estimate of drug-likeness (QED) is 0.167. The van der Waals surface area contributed by atoms with Crippen LogP contribution in [-0.4, -0.2) is 19.3 Å². The second kappa shape index (κ2) is 11.0. The molecule has 0 bridgehead atoms. The van der Waals surface area contributed by atoms with Crippen LogP contribution in [0.2, 0.25) is 0 Å². The molecule has 0 aliphatic carbocycles. The molecule has 208 valence electrons. The second-order valence-corrected chi connectivity index (χ2v) is 10.2. The molecule has 0 unspecified atom stereocenters.